The van der Waals surface area contributed by atoms with Crippen molar-refractivity contribution in [3.8, 4) is 5.75 Å². The van der Waals surface area contributed by atoms with Gasteiger partial charge in [-0.1, -0.05) is 0 Å². The number of rotatable bonds is 5. The average molecular weight is 280 g/mol. The first-order valence-corrected chi connectivity index (χ1v) is 6.67. The SMILES string of the molecule is COc1ccc(NC[C@@H](C)NC(=O)OC(C)(C)C)cc1. The molecule has 0 heterocycles. The Bertz CT molecular complexity index is 424. The molecule has 0 aliphatic carbocycles. The molecule has 112 valence electrons. The summed E-state index contributed by atoms with van der Waals surface area (Å²) in [6.45, 7) is 8.05. The number of anilines is 1. The maximum atomic E-state index is 11.6. The maximum Gasteiger partial charge on any atom is 0.407 e. The van der Waals surface area contributed by atoms with Crippen LogP contribution in [0.25, 0.3) is 0 Å². The van der Waals surface area contributed by atoms with E-state index >= 15 is 0 Å². The molecule has 5 nitrogen and oxygen atoms in total. The molecule has 0 unspecified atom stereocenters. The molecule has 0 radical (unpaired) electrons. The number of benzene rings is 1. The quantitative estimate of drug-likeness (QED) is 0.870. The Kier molecular flexibility index (Phi) is 5.67. The highest BCUT2D eigenvalue weighted by molar-refractivity contribution is 5.68. The van der Waals surface area contributed by atoms with Gasteiger partial charge in [-0.25, -0.2) is 4.79 Å². The molecule has 0 spiro atoms. The third kappa shape index (κ3) is 6.31. The number of alkyl carbamates (subject to hydrolysis) is 1. The minimum atomic E-state index is -0.479. The van der Waals surface area contributed by atoms with E-state index in [9.17, 15) is 4.79 Å². The van der Waals surface area contributed by atoms with E-state index < -0.39 is 11.7 Å². The second-order valence-electron chi connectivity index (χ2n) is 5.66. The Morgan fingerprint density at radius 1 is 1.25 bits per heavy atom. The van der Waals surface area contributed by atoms with E-state index in [4.69, 9.17) is 9.47 Å². The number of hydrogen-bond acceptors (Lipinski definition) is 4. The van der Waals surface area contributed by atoms with Crippen LogP contribution in [0.3, 0.4) is 0 Å². The number of ether oxygens (including phenoxy) is 2. The summed E-state index contributed by atoms with van der Waals surface area (Å²) in [6.07, 6.45) is -0.401. The van der Waals surface area contributed by atoms with Crippen molar-refractivity contribution in [2.24, 2.45) is 0 Å². The second kappa shape index (κ2) is 7.03. The smallest absolute Gasteiger partial charge is 0.407 e. The van der Waals surface area contributed by atoms with E-state index in [1.54, 1.807) is 7.11 Å². The van der Waals surface area contributed by atoms with Crippen LogP contribution in [0.4, 0.5) is 10.5 Å². The van der Waals surface area contributed by atoms with Gasteiger partial charge in [-0.3, -0.25) is 0 Å². The molecular weight excluding hydrogens is 256 g/mol. The number of methoxy groups -OCH3 is 1. The van der Waals surface area contributed by atoms with Crippen LogP contribution >= 0.6 is 0 Å². The number of nitrogens with one attached hydrogen (secondary N) is 2. The van der Waals surface area contributed by atoms with Gasteiger partial charge in [0, 0.05) is 18.3 Å². The molecule has 1 amide bonds. The Hall–Kier alpha value is -1.91. The predicted octanol–water partition coefficient (Wildman–Crippen LogP) is 3.02. The van der Waals surface area contributed by atoms with Crippen LogP contribution in [-0.4, -0.2) is 31.4 Å². The zero-order chi connectivity index (χ0) is 15.2. The van der Waals surface area contributed by atoms with Crippen LogP contribution in [0.2, 0.25) is 0 Å². The topological polar surface area (TPSA) is 59.6 Å². The van der Waals surface area contributed by atoms with Crippen LogP contribution in [0.5, 0.6) is 5.75 Å². The average Bonchev–Trinajstić information content (AvgIpc) is 2.34. The summed E-state index contributed by atoms with van der Waals surface area (Å²) < 4.78 is 10.3. The molecular formula is C15H24N2O3. The summed E-state index contributed by atoms with van der Waals surface area (Å²) in [5, 5.41) is 6.02. The van der Waals surface area contributed by atoms with Gasteiger partial charge in [-0.2, -0.15) is 0 Å². The first-order valence-electron chi connectivity index (χ1n) is 6.67. The lowest BCUT2D eigenvalue weighted by molar-refractivity contribution is 0.0511. The predicted molar refractivity (Wildman–Crippen MR) is 80.3 cm³/mol. The van der Waals surface area contributed by atoms with Crippen LogP contribution in [0.15, 0.2) is 24.3 Å². The zero-order valence-corrected chi connectivity index (χ0v) is 12.8. The molecule has 0 aromatic heterocycles. The molecule has 0 fully saturated rings. The third-order valence-corrected chi connectivity index (χ3v) is 2.47. The van der Waals surface area contributed by atoms with E-state index in [-0.39, 0.29) is 6.04 Å². The minimum absolute atomic E-state index is 0.0352. The highest BCUT2D eigenvalue weighted by Crippen LogP contribution is 2.14. The van der Waals surface area contributed by atoms with Crippen molar-refractivity contribution in [3.63, 3.8) is 0 Å². The Balaban J connectivity index is 2.35. The Morgan fingerprint density at radius 3 is 2.35 bits per heavy atom. The molecule has 1 rings (SSSR count). The van der Waals surface area contributed by atoms with E-state index in [1.165, 1.54) is 0 Å². The largest absolute Gasteiger partial charge is 0.497 e. The van der Waals surface area contributed by atoms with E-state index in [1.807, 2.05) is 52.0 Å². The van der Waals surface area contributed by atoms with Crippen molar-refractivity contribution in [2.75, 3.05) is 19.0 Å². The van der Waals surface area contributed by atoms with Gasteiger partial charge in [0.05, 0.1) is 7.11 Å². The standard InChI is InChI=1S/C15H24N2O3/c1-11(17-14(18)20-15(2,3)4)10-16-12-6-8-13(19-5)9-7-12/h6-9,11,16H,10H2,1-5H3,(H,17,18)/t11-/m1/s1. The van der Waals surface area contributed by atoms with Crippen LogP contribution in [0.1, 0.15) is 27.7 Å². The molecule has 0 aliphatic rings. The van der Waals surface area contributed by atoms with E-state index in [2.05, 4.69) is 10.6 Å². The summed E-state index contributed by atoms with van der Waals surface area (Å²) in [5.74, 6) is 0.815. The van der Waals surface area contributed by atoms with Gasteiger partial charge in [-0.15, -0.1) is 0 Å². The van der Waals surface area contributed by atoms with Crippen molar-refractivity contribution in [3.05, 3.63) is 24.3 Å². The van der Waals surface area contributed by atoms with Crippen LogP contribution in [-0.2, 0) is 4.74 Å². The minimum Gasteiger partial charge on any atom is -0.497 e. The van der Waals surface area contributed by atoms with Crippen LogP contribution in [0, 0.1) is 0 Å². The molecule has 2 N–H and O–H groups in total. The highest BCUT2D eigenvalue weighted by atomic mass is 16.6. The molecule has 5 heteroatoms. The molecule has 0 aliphatic heterocycles. The third-order valence-electron chi connectivity index (χ3n) is 2.47. The monoisotopic (exact) mass is 280 g/mol. The van der Waals surface area contributed by atoms with Gasteiger partial charge in [0.1, 0.15) is 11.4 Å². The molecule has 20 heavy (non-hydrogen) atoms. The number of hydrogen-bond donors (Lipinski definition) is 2. The lowest BCUT2D eigenvalue weighted by Crippen LogP contribution is -2.40. The van der Waals surface area contributed by atoms with E-state index in [0.717, 1.165) is 11.4 Å². The molecule has 0 saturated heterocycles. The number of amides is 1. The van der Waals surface area contributed by atoms with Gasteiger partial charge in [0.25, 0.3) is 0 Å². The van der Waals surface area contributed by atoms with E-state index in [0.29, 0.717) is 6.54 Å². The zero-order valence-electron chi connectivity index (χ0n) is 12.8. The van der Waals surface area contributed by atoms with Gasteiger partial charge in [0.15, 0.2) is 0 Å². The molecule has 0 bridgehead atoms. The van der Waals surface area contributed by atoms with Gasteiger partial charge >= 0.3 is 6.09 Å². The fourth-order valence-electron chi connectivity index (χ4n) is 1.54. The summed E-state index contributed by atoms with van der Waals surface area (Å²) >= 11 is 0. The fraction of sp³-hybridized carbons (Fsp3) is 0.533. The summed E-state index contributed by atoms with van der Waals surface area (Å²) in [6, 6.07) is 7.59. The Labute approximate surface area is 120 Å². The number of carbonyl (C=O) groups is 1. The molecule has 0 saturated carbocycles. The normalized spacial score (nSPS) is 12.4. The number of carbonyl (C=O) groups excluding carboxylic acids is 1. The first kappa shape index (κ1) is 16.1. The van der Waals surface area contributed by atoms with Gasteiger partial charge in [0.2, 0.25) is 0 Å². The van der Waals surface area contributed by atoms with Crippen molar-refractivity contribution >= 4 is 11.8 Å². The molecule has 1 atom stereocenters. The lowest BCUT2D eigenvalue weighted by Gasteiger charge is -2.22. The van der Waals surface area contributed by atoms with Crippen molar-refractivity contribution < 1.29 is 14.3 Å². The van der Waals surface area contributed by atoms with Crippen molar-refractivity contribution in [1.82, 2.24) is 5.32 Å². The summed E-state index contributed by atoms with van der Waals surface area (Å²) in [4.78, 5) is 11.6. The lowest BCUT2D eigenvalue weighted by atomic mass is 10.2. The molecule has 1 aromatic rings. The molecule has 1 aromatic carbocycles. The van der Waals surface area contributed by atoms with Crippen LogP contribution < -0.4 is 15.4 Å². The maximum absolute atomic E-state index is 11.6. The van der Waals surface area contributed by atoms with Crippen molar-refractivity contribution in [2.45, 2.75) is 39.3 Å². The van der Waals surface area contributed by atoms with Gasteiger partial charge in [-0.05, 0) is 52.0 Å². The van der Waals surface area contributed by atoms with Gasteiger partial charge < -0.3 is 20.1 Å². The highest BCUT2D eigenvalue weighted by Gasteiger charge is 2.17. The first-order chi connectivity index (χ1) is 9.30. The fourth-order valence-corrected chi connectivity index (χ4v) is 1.54. The van der Waals surface area contributed by atoms with Crippen molar-refractivity contribution in [1.29, 1.82) is 0 Å². The Morgan fingerprint density at radius 2 is 1.85 bits per heavy atom. The second-order valence-corrected chi connectivity index (χ2v) is 5.66. The summed E-state index contributed by atoms with van der Waals surface area (Å²) in [7, 11) is 1.63. The summed E-state index contributed by atoms with van der Waals surface area (Å²) in [5.41, 5.74) is 0.497.